The summed E-state index contributed by atoms with van der Waals surface area (Å²) in [4.78, 5) is 33.1. The molecule has 0 bridgehead atoms. The molecule has 6 nitrogen and oxygen atoms in total. The lowest BCUT2D eigenvalue weighted by Crippen LogP contribution is -2.46. The number of aryl methyl sites for hydroxylation is 1. The molecule has 1 fully saturated rings. The minimum Gasteiger partial charge on any atom is -0.342 e. The lowest BCUT2D eigenvalue weighted by molar-refractivity contribution is -0.135. The van der Waals surface area contributed by atoms with Gasteiger partial charge in [0, 0.05) is 20.1 Å². The van der Waals surface area contributed by atoms with Gasteiger partial charge < -0.3 is 14.8 Å². The fraction of sp³-hybridized carbons (Fsp3) is 0.276. The Bertz CT molecular complexity index is 1320. The summed E-state index contributed by atoms with van der Waals surface area (Å²) in [7, 11) is 1.98. The third-order valence-electron chi connectivity index (χ3n) is 6.84. The van der Waals surface area contributed by atoms with Crippen LogP contribution in [0.15, 0.2) is 84.9 Å². The highest BCUT2D eigenvalue weighted by molar-refractivity contribution is 5.83. The zero-order valence-corrected chi connectivity index (χ0v) is 19.9. The second kappa shape index (κ2) is 10.1. The van der Waals surface area contributed by atoms with Crippen molar-refractivity contribution in [2.24, 2.45) is 13.0 Å². The largest absolute Gasteiger partial charge is 0.342 e. The van der Waals surface area contributed by atoms with Crippen LogP contribution in [0.2, 0.25) is 0 Å². The molecule has 178 valence electrons. The molecule has 2 heterocycles. The number of para-hydroxylation sites is 2. The van der Waals surface area contributed by atoms with Gasteiger partial charge in [-0.25, -0.2) is 4.98 Å². The van der Waals surface area contributed by atoms with Crippen LogP contribution in [0, 0.1) is 5.92 Å². The summed E-state index contributed by atoms with van der Waals surface area (Å²) < 4.78 is 2.05. The predicted octanol–water partition coefficient (Wildman–Crippen LogP) is 4.26. The Morgan fingerprint density at radius 2 is 1.66 bits per heavy atom. The maximum Gasteiger partial charge on any atom is 0.227 e. The maximum absolute atomic E-state index is 13.5. The minimum atomic E-state index is -0.378. The molecule has 3 aromatic carbocycles. The fourth-order valence-electron chi connectivity index (χ4n) is 4.92. The van der Waals surface area contributed by atoms with Gasteiger partial charge in [0.15, 0.2) is 0 Å². The van der Waals surface area contributed by atoms with Gasteiger partial charge in [-0.15, -0.1) is 0 Å². The number of rotatable bonds is 6. The standard InChI is InChI=1S/C29H30N4O2/c1-32-25-17-9-8-16-24(25)30-28(32)27(22-13-6-3-7-14-22)31-29(35)23-15-10-18-33(20-23)26(34)19-21-11-4-2-5-12-21/h2-9,11-14,16-17,23,27H,10,15,18-20H2,1H3,(H,31,35)/t23-,27-/m1/s1. The zero-order chi connectivity index (χ0) is 24.2. The summed E-state index contributed by atoms with van der Waals surface area (Å²) in [5.74, 6) is 0.578. The van der Waals surface area contributed by atoms with E-state index in [4.69, 9.17) is 4.98 Å². The molecule has 0 unspecified atom stereocenters. The first kappa shape index (κ1) is 22.8. The van der Waals surface area contributed by atoms with E-state index in [1.807, 2.05) is 101 Å². The number of benzene rings is 3. The second-order valence-electron chi connectivity index (χ2n) is 9.21. The lowest BCUT2D eigenvalue weighted by Gasteiger charge is -2.33. The number of hydrogen-bond acceptors (Lipinski definition) is 3. The van der Waals surface area contributed by atoms with Crippen LogP contribution >= 0.6 is 0 Å². The first-order valence-electron chi connectivity index (χ1n) is 12.2. The van der Waals surface area contributed by atoms with Crippen molar-refractivity contribution in [1.29, 1.82) is 0 Å². The normalized spacial score (nSPS) is 16.7. The summed E-state index contributed by atoms with van der Waals surface area (Å²) in [6.07, 6.45) is 1.95. The number of nitrogens with zero attached hydrogens (tertiary/aromatic N) is 3. The Hall–Kier alpha value is -3.93. The van der Waals surface area contributed by atoms with Crippen molar-refractivity contribution in [2.75, 3.05) is 13.1 Å². The summed E-state index contributed by atoms with van der Waals surface area (Å²) in [6, 6.07) is 27.3. The monoisotopic (exact) mass is 466 g/mol. The average molecular weight is 467 g/mol. The molecule has 6 heteroatoms. The molecule has 1 N–H and O–H groups in total. The first-order chi connectivity index (χ1) is 17.1. The highest BCUT2D eigenvalue weighted by Crippen LogP contribution is 2.26. The minimum absolute atomic E-state index is 0.0388. The molecule has 2 amide bonds. The summed E-state index contributed by atoms with van der Waals surface area (Å²) in [6.45, 7) is 1.14. The van der Waals surface area contributed by atoms with E-state index in [1.54, 1.807) is 0 Å². The maximum atomic E-state index is 13.5. The van der Waals surface area contributed by atoms with Crippen molar-refractivity contribution in [3.05, 3.63) is 102 Å². The van der Waals surface area contributed by atoms with Gasteiger partial charge in [0.05, 0.1) is 23.4 Å². The Balaban J connectivity index is 1.35. The molecule has 35 heavy (non-hydrogen) atoms. The molecule has 5 rings (SSSR count). The van der Waals surface area contributed by atoms with Crippen LogP contribution in [0.3, 0.4) is 0 Å². The highest BCUT2D eigenvalue weighted by Gasteiger charge is 2.31. The third kappa shape index (κ3) is 4.97. The number of carbonyl (C=O) groups excluding carboxylic acids is 2. The highest BCUT2D eigenvalue weighted by atomic mass is 16.2. The topological polar surface area (TPSA) is 67.2 Å². The van der Waals surface area contributed by atoms with E-state index in [0.717, 1.165) is 40.8 Å². The van der Waals surface area contributed by atoms with Gasteiger partial charge in [-0.05, 0) is 36.1 Å². The molecule has 4 aromatic rings. The van der Waals surface area contributed by atoms with Crippen LogP contribution in [0.5, 0.6) is 0 Å². The quantitative estimate of drug-likeness (QED) is 0.462. The molecule has 1 aromatic heterocycles. The molecule has 1 aliphatic rings. The Kier molecular flexibility index (Phi) is 6.62. The molecule has 1 aliphatic heterocycles. The fourth-order valence-corrected chi connectivity index (χ4v) is 4.92. The van der Waals surface area contributed by atoms with Crippen molar-refractivity contribution in [3.63, 3.8) is 0 Å². The number of carbonyl (C=O) groups is 2. The summed E-state index contributed by atoms with van der Waals surface area (Å²) in [5.41, 5.74) is 3.89. The molecular formula is C29H30N4O2. The van der Waals surface area contributed by atoms with E-state index < -0.39 is 0 Å². The number of hydrogen-bond donors (Lipinski definition) is 1. The number of piperidine rings is 1. The summed E-state index contributed by atoms with van der Waals surface area (Å²) in [5, 5.41) is 3.27. The van der Waals surface area contributed by atoms with Gasteiger partial charge in [-0.1, -0.05) is 72.8 Å². The van der Waals surface area contributed by atoms with E-state index in [2.05, 4.69) is 5.32 Å². The Morgan fingerprint density at radius 3 is 2.40 bits per heavy atom. The van der Waals surface area contributed by atoms with Crippen molar-refractivity contribution >= 4 is 22.8 Å². The van der Waals surface area contributed by atoms with Crippen LogP contribution in [-0.4, -0.2) is 39.4 Å². The lowest BCUT2D eigenvalue weighted by atomic mass is 9.95. The van der Waals surface area contributed by atoms with Crippen molar-refractivity contribution in [3.8, 4) is 0 Å². The van der Waals surface area contributed by atoms with E-state index in [9.17, 15) is 9.59 Å². The van der Waals surface area contributed by atoms with Crippen molar-refractivity contribution < 1.29 is 9.59 Å². The van der Waals surface area contributed by atoms with Crippen LogP contribution < -0.4 is 5.32 Å². The molecule has 0 saturated carbocycles. The van der Waals surface area contributed by atoms with Gasteiger partial charge in [-0.3, -0.25) is 9.59 Å². The van der Waals surface area contributed by atoms with Crippen LogP contribution in [0.4, 0.5) is 0 Å². The van der Waals surface area contributed by atoms with E-state index in [-0.39, 0.29) is 23.8 Å². The number of likely N-dealkylation sites (tertiary alicyclic amines) is 1. The number of aromatic nitrogens is 2. The van der Waals surface area contributed by atoms with Gasteiger partial charge in [0.2, 0.25) is 11.8 Å². The number of amides is 2. The van der Waals surface area contributed by atoms with Crippen LogP contribution in [0.25, 0.3) is 11.0 Å². The smallest absolute Gasteiger partial charge is 0.227 e. The number of nitrogens with one attached hydrogen (secondary N) is 1. The average Bonchev–Trinajstić information content (AvgIpc) is 3.24. The van der Waals surface area contributed by atoms with Crippen molar-refractivity contribution in [2.45, 2.75) is 25.3 Å². The zero-order valence-electron chi connectivity index (χ0n) is 19.9. The first-order valence-corrected chi connectivity index (χ1v) is 12.2. The molecule has 0 spiro atoms. The van der Waals surface area contributed by atoms with Gasteiger partial charge >= 0.3 is 0 Å². The molecule has 0 radical (unpaired) electrons. The Morgan fingerprint density at radius 1 is 0.971 bits per heavy atom. The SMILES string of the molecule is Cn1c([C@H](NC(=O)[C@@H]2CCCN(C(=O)Cc3ccccc3)C2)c2ccccc2)nc2ccccc21. The third-order valence-corrected chi connectivity index (χ3v) is 6.84. The van der Waals surface area contributed by atoms with Crippen LogP contribution in [0.1, 0.15) is 35.8 Å². The molecule has 1 saturated heterocycles. The molecule has 2 atom stereocenters. The van der Waals surface area contributed by atoms with Gasteiger partial charge in [0.1, 0.15) is 11.9 Å². The van der Waals surface area contributed by atoms with Crippen LogP contribution in [-0.2, 0) is 23.1 Å². The van der Waals surface area contributed by atoms with Crippen molar-refractivity contribution in [1.82, 2.24) is 19.8 Å². The second-order valence-corrected chi connectivity index (χ2v) is 9.21. The number of imidazole rings is 1. The van der Waals surface area contributed by atoms with E-state index in [1.165, 1.54) is 0 Å². The molecular weight excluding hydrogens is 436 g/mol. The van der Waals surface area contributed by atoms with E-state index >= 15 is 0 Å². The van der Waals surface area contributed by atoms with E-state index in [0.29, 0.717) is 19.5 Å². The predicted molar refractivity (Wildman–Crippen MR) is 137 cm³/mol. The molecule has 0 aliphatic carbocycles. The Labute approximate surface area is 205 Å². The van der Waals surface area contributed by atoms with Gasteiger partial charge in [0.25, 0.3) is 0 Å². The number of fused-ring (bicyclic) bond motifs is 1. The summed E-state index contributed by atoms with van der Waals surface area (Å²) >= 11 is 0. The van der Waals surface area contributed by atoms with Gasteiger partial charge in [-0.2, -0.15) is 0 Å².